The molecule has 1 amide bonds. The number of aryl methyl sites for hydroxylation is 2. The second-order valence-electron chi connectivity index (χ2n) is 5.90. The van der Waals surface area contributed by atoms with Gasteiger partial charge in [0.15, 0.2) is 0 Å². The molecule has 0 saturated heterocycles. The molecule has 0 aliphatic carbocycles. The first-order valence-electron chi connectivity index (χ1n) is 8.14. The molecule has 26 heavy (non-hydrogen) atoms. The molecule has 3 heterocycles. The van der Waals surface area contributed by atoms with Gasteiger partial charge in [0, 0.05) is 16.6 Å². The van der Waals surface area contributed by atoms with Crippen LogP contribution in [0.25, 0.3) is 22.4 Å². The van der Waals surface area contributed by atoms with E-state index in [4.69, 9.17) is 4.52 Å². The van der Waals surface area contributed by atoms with Gasteiger partial charge in [-0.2, -0.15) is 0 Å². The third-order valence-corrected chi connectivity index (χ3v) is 4.94. The fourth-order valence-electron chi connectivity index (χ4n) is 2.78. The van der Waals surface area contributed by atoms with Crippen LogP contribution in [-0.4, -0.2) is 21.0 Å². The number of rotatable bonds is 4. The molecular weight excluding hydrogens is 348 g/mol. The molecule has 1 aromatic carbocycles. The molecule has 0 bridgehead atoms. The number of thiazole rings is 1. The predicted octanol–water partition coefficient (Wildman–Crippen LogP) is 3.89. The number of hydrogen-bond acceptors (Lipinski definition) is 6. The van der Waals surface area contributed by atoms with Crippen molar-refractivity contribution >= 4 is 28.3 Å². The fraction of sp³-hybridized carbons (Fsp3) is 0.158. The van der Waals surface area contributed by atoms with E-state index in [0.717, 1.165) is 15.4 Å². The summed E-state index contributed by atoms with van der Waals surface area (Å²) >= 11 is 1.56. The highest BCUT2D eigenvalue weighted by molar-refractivity contribution is 7.11. The van der Waals surface area contributed by atoms with E-state index >= 15 is 0 Å². The van der Waals surface area contributed by atoms with E-state index < -0.39 is 0 Å². The summed E-state index contributed by atoms with van der Waals surface area (Å²) in [5.41, 5.74) is 3.10. The SMILES string of the molecule is Cc1ncc(CNC(=O)c2cc(-c3ccccc3)nc3onc(C)c23)s1. The number of hydrogen-bond donors (Lipinski definition) is 1. The molecule has 130 valence electrons. The van der Waals surface area contributed by atoms with E-state index in [-0.39, 0.29) is 5.91 Å². The number of benzene rings is 1. The van der Waals surface area contributed by atoms with E-state index in [0.29, 0.717) is 34.6 Å². The largest absolute Gasteiger partial charge is 0.347 e. The van der Waals surface area contributed by atoms with Crippen LogP contribution in [-0.2, 0) is 6.54 Å². The Morgan fingerprint density at radius 1 is 1.23 bits per heavy atom. The highest BCUT2D eigenvalue weighted by atomic mass is 32.1. The molecule has 7 heteroatoms. The second kappa shape index (κ2) is 6.68. The lowest BCUT2D eigenvalue weighted by molar-refractivity contribution is 0.0953. The molecule has 0 radical (unpaired) electrons. The Labute approximate surface area is 153 Å². The van der Waals surface area contributed by atoms with Crippen LogP contribution < -0.4 is 5.32 Å². The third-order valence-electron chi connectivity index (χ3n) is 4.02. The van der Waals surface area contributed by atoms with Gasteiger partial charge in [-0.15, -0.1) is 11.3 Å². The molecule has 0 aliphatic heterocycles. The molecule has 4 aromatic rings. The lowest BCUT2D eigenvalue weighted by atomic mass is 10.1. The molecule has 6 nitrogen and oxygen atoms in total. The summed E-state index contributed by atoms with van der Waals surface area (Å²) in [6.45, 7) is 4.17. The predicted molar refractivity (Wildman–Crippen MR) is 100.0 cm³/mol. The molecule has 0 spiro atoms. The van der Waals surface area contributed by atoms with Crippen molar-refractivity contribution in [2.75, 3.05) is 0 Å². The van der Waals surface area contributed by atoms with Crippen LogP contribution in [0.4, 0.5) is 0 Å². The number of aromatic nitrogens is 3. The van der Waals surface area contributed by atoms with Crippen molar-refractivity contribution < 1.29 is 9.32 Å². The lowest BCUT2D eigenvalue weighted by Crippen LogP contribution is -2.22. The van der Waals surface area contributed by atoms with Crippen molar-refractivity contribution in [1.29, 1.82) is 0 Å². The lowest BCUT2D eigenvalue weighted by Gasteiger charge is -2.07. The second-order valence-corrected chi connectivity index (χ2v) is 7.22. The number of pyridine rings is 1. The van der Waals surface area contributed by atoms with Crippen molar-refractivity contribution in [3.05, 3.63) is 63.7 Å². The van der Waals surface area contributed by atoms with Gasteiger partial charge >= 0.3 is 0 Å². The summed E-state index contributed by atoms with van der Waals surface area (Å²) in [5, 5.41) is 8.54. The van der Waals surface area contributed by atoms with Gasteiger partial charge in [0.1, 0.15) is 0 Å². The molecule has 0 unspecified atom stereocenters. The van der Waals surface area contributed by atoms with Crippen molar-refractivity contribution in [3.63, 3.8) is 0 Å². The number of carbonyl (C=O) groups is 1. The zero-order valence-electron chi connectivity index (χ0n) is 14.3. The highest BCUT2D eigenvalue weighted by Gasteiger charge is 2.19. The fourth-order valence-corrected chi connectivity index (χ4v) is 3.51. The maximum atomic E-state index is 12.8. The maximum Gasteiger partial charge on any atom is 0.259 e. The van der Waals surface area contributed by atoms with E-state index in [9.17, 15) is 4.79 Å². The standard InChI is InChI=1S/C19H16N4O2S/c1-11-17-15(18(24)21-10-14-9-20-12(2)26-14)8-16(22-19(17)25-23-11)13-6-4-3-5-7-13/h3-9H,10H2,1-2H3,(H,21,24). The average Bonchev–Trinajstić information content (AvgIpc) is 3.25. The summed E-state index contributed by atoms with van der Waals surface area (Å²) in [7, 11) is 0. The van der Waals surface area contributed by atoms with Crippen LogP contribution in [0.15, 0.2) is 47.1 Å². The number of amides is 1. The van der Waals surface area contributed by atoms with Crippen LogP contribution in [0.1, 0.15) is 25.9 Å². The Hall–Kier alpha value is -3.06. The van der Waals surface area contributed by atoms with Crippen molar-refractivity contribution in [2.45, 2.75) is 20.4 Å². The summed E-state index contributed by atoms with van der Waals surface area (Å²) in [6.07, 6.45) is 1.78. The van der Waals surface area contributed by atoms with Crippen molar-refractivity contribution in [1.82, 2.24) is 20.4 Å². The zero-order chi connectivity index (χ0) is 18.1. The number of nitrogens with zero attached hydrogens (tertiary/aromatic N) is 3. The number of fused-ring (bicyclic) bond motifs is 1. The minimum atomic E-state index is -0.188. The van der Waals surface area contributed by atoms with Gasteiger partial charge in [0.05, 0.1) is 33.9 Å². The van der Waals surface area contributed by atoms with Gasteiger partial charge in [-0.3, -0.25) is 4.79 Å². The van der Waals surface area contributed by atoms with Gasteiger partial charge in [0.25, 0.3) is 11.6 Å². The minimum Gasteiger partial charge on any atom is -0.347 e. The molecule has 0 fully saturated rings. The average molecular weight is 364 g/mol. The Morgan fingerprint density at radius 2 is 2.04 bits per heavy atom. The van der Waals surface area contributed by atoms with Crippen LogP contribution in [0.2, 0.25) is 0 Å². The van der Waals surface area contributed by atoms with Gasteiger partial charge in [-0.1, -0.05) is 35.5 Å². The minimum absolute atomic E-state index is 0.188. The van der Waals surface area contributed by atoms with E-state index in [1.807, 2.05) is 37.3 Å². The van der Waals surface area contributed by atoms with Crippen molar-refractivity contribution in [2.24, 2.45) is 0 Å². The number of carbonyl (C=O) groups excluding carboxylic acids is 1. The maximum absolute atomic E-state index is 12.8. The summed E-state index contributed by atoms with van der Waals surface area (Å²) in [6, 6.07) is 11.5. The quantitative estimate of drug-likeness (QED) is 0.594. The van der Waals surface area contributed by atoms with E-state index in [1.54, 1.807) is 30.5 Å². The van der Waals surface area contributed by atoms with Crippen molar-refractivity contribution in [3.8, 4) is 11.3 Å². The van der Waals surface area contributed by atoms with Gasteiger partial charge < -0.3 is 9.84 Å². The van der Waals surface area contributed by atoms with Crippen LogP contribution in [0.5, 0.6) is 0 Å². The Bertz CT molecular complexity index is 1090. The monoisotopic (exact) mass is 364 g/mol. The molecular formula is C19H16N4O2S. The molecule has 4 rings (SSSR count). The highest BCUT2D eigenvalue weighted by Crippen LogP contribution is 2.27. The Morgan fingerprint density at radius 3 is 2.77 bits per heavy atom. The number of nitrogens with one attached hydrogen (secondary N) is 1. The molecule has 0 aliphatic rings. The molecule has 1 N–H and O–H groups in total. The summed E-state index contributed by atoms with van der Waals surface area (Å²) in [4.78, 5) is 22.6. The van der Waals surface area contributed by atoms with Gasteiger partial charge in [-0.25, -0.2) is 9.97 Å². The van der Waals surface area contributed by atoms with Crippen LogP contribution >= 0.6 is 11.3 Å². The third kappa shape index (κ3) is 3.09. The normalized spacial score (nSPS) is 11.0. The Balaban J connectivity index is 1.72. The first kappa shape index (κ1) is 16.4. The summed E-state index contributed by atoms with van der Waals surface area (Å²) in [5.74, 6) is -0.188. The van der Waals surface area contributed by atoms with E-state index in [2.05, 4.69) is 20.4 Å². The first-order valence-corrected chi connectivity index (χ1v) is 8.95. The van der Waals surface area contributed by atoms with Gasteiger partial charge in [-0.05, 0) is 19.9 Å². The van der Waals surface area contributed by atoms with Gasteiger partial charge in [0.2, 0.25) is 0 Å². The van der Waals surface area contributed by atoms with E-state index in [1.165, 1.54) is 0 Å². The smallest absolute Gasteiger partial charge is 0.259 e. The first-order chi connectivity index (χ1) is 12.6. The molecule has 0 atom stereocenters. The summed E-state index contributed by atoms with van der Waals surface area (Å²) < 4.78 is 5.32. The van der Waals surface area contributed by atoms with Crippen LogP contribution in [0.3, 0.4) is 0 Å². The topological polar surface area (TPSA) is 80.9 Å². The molecule has 0 saturated carbocycles. The van der Waals surface area contributed by atoms with Crippen LogP contribution in [0, 0.1) is 13.8 Å². The molecule has 3 aromatic heterocycles. The zero-order valence-corrected chi connectivity index (χ0v) is 15.1. The Kier molecular flexibility index (Phi) is 4.22.